The minimum absolute atomic E-state index is 0.187. The van der Waals surface area contributed by atoms with Crippen molar-refractivity contribution in [2.45, 2.75) is 25.4 Å². The van der Waals surface area contributed by atoms with Crippen molar-refractivity contribution in [2.24, 2.45) is 0 Å². The van der Waals surface area contributed by atoms with Crippen LogP contribution in [0.1, 0.15) is 13.3 Å². The normalized spacial score (nSPS) is 27.0. The average molecular weight is 167 g/mol. The Hall–Kier alpha value is -0.600. The Morgan fingerprint density at radius 2 is 2.58 bits per heavy atom. The van der Waals surface area contributed by atoms with Crippen LogP contribution in [-0.4, -0.2) is 35.2 Å². The molecule has 0 spiro atoms. The fourth-order valence-corrected chi connectivity index (χ4v) is 1.56. The summed E-state index contributed by atoms with van der Waals surface area (Å²) >= 11 is 0. The van der Waals surface area contributed by atoms with Crippen molar-refractivity contribution in [2.75, 3.05) is 13.2 Å². The Balaban J connectivity index is 2.61. The molecular weight excluding hydrogens is 150 g/mol. The number of rotatable bonds is 3. The summed E-state index contributed by atoms with van der Waals surface area (Å²) in [5.41, 5.74) is 0. The van der Waals surface area contributed by atoms with Crippen LogP contribution in [0.2, 0.25) is 0 Å². The second kappa shape index (κ2) is 4.43. The van der Waals surface area contributed by atoms with Crippen LogP contribution in [0.25, 0.3) is 0 Å². The third-order valence-corrected chi connectivity index (χ3v) is 2.39. The van der Waals surface area contributed by atoms with Crippen molar-refractivity contribution in [3.05, 3.63) is 24.8 Å². The Morgan fingerprint density at radius 1 is 1.83 bits per heavy atom. The molecule has 0 saturated heterocycles. The minimum Gasteiger partial charge on any atom is -0.394 e. The van der Waals surface area contributed by atoms with E-state index in [0.29, 0.717) is 6.04 Å². The van der Waals surface area contributed by atoms with Gasteiger partial charge in [0.25, 0.3) is 0 Å². The van der Waals surface area contributed by atoms with E-state index in [9.17, 15) is 0 Å². The van der Waals surface area contributed by atoms with Crippen LogP contribution in [0.5, 0.6) is 0 Å². The van der Waals surface area contributed by atoms with Crippen molar-refractivity contribution < 1.29 is 5.11 Å². The van der Waals surface area contributed by atoms with E-state index in [0.717, 1.165) is 13.0 Å². The molecule has 0 aromatic heterocycles. The highest BCUT2D eigenvalue weighted by Gasteiger charge is 2.20. The molecule has 1 aliphatic rings. The van der Waals surface area contributed by atoms with E-state index >= 15 is 0 Å². The smallest absolute Gasteiger partial charge is 0.0622 e. The molecule has 0 aliphatic carbocycles. The predicted molar refractivity (Wildman–Crippen MR) is 51.0 cm³/mol. The molecule has 0 saturated carbocycles. The largest absolute Gasteiger partial charge is 0.394 e. The zero-order valence-electron chi connectivity index (χ0n) is 7.61. The average Bonchev–Trinajstić information content (AvgIpc) is 2.16. The predicted octanol–water partition coefficient (Wildman–Crippen LogP) is 1.18. The van der Waals surface area contributed by atoms with E-state index < -0.39 is 0 Å². The first kappa shape index (κ1) is 9.49. The number of aliphatic hydroxyl groups is 1. The first-order valence-electron chi connectivity index (χ1n) is 4.45. The molecule has 0 radical (unpaired) electrons. The zero-order chi connectivity index (χ0) is 8.97. The molecule has 0 fully saturated rings. The van der Waals surface area contributed by atoms with E-state index in [2.05, 4.69) is 30.6 Å². The van der Waals surface area contributed by atoms with Gasteiger partial charge in [-0.15, -0.1) is 6.58 Å². The van der Waals surface area contributed by atoms with Gasteiger partial charge in [-0.2, -0.15) is 0 Å². The molecular formula is C10H17NO. The molecule has 2 heteroatoms. The Kier molecular flexibility index (Phi) is 3.50. The maximum Gasteiger partial charge on any atom is 0.0622 e. The van der Waals surface area contributed by atoms with Crippen LogP contribution < -0.4 is 0 Å². The summed E-state index contributed by atoms with van der Waals surface area (Å²) in [6.45, 7) is 7.09. The minimum atomic E-state index is 0.187. The lowest BCUT2D eigenvalue weighted by Gasteiger charge is -2.34. The second-order valence-corrected chi connectivity index (χ2v) is 3.18. The lowest BCUT2D eigenvalue weighted by Crippen LogP contribution is -2.44. The number of hydrogen-bond donors (Lipinski definition) is 1. The molecule has 2 atom stereocenters. The highest BCUT2D eigenvalue weighted by atomic mass is 16.3. The molecule has 0 aromatic rings. The molecule has 1 N–H and O–H groups in total. The summed E-state index contributed by atoms with van der Waals surface area (Å²) in [7, 11) is 0. The summed E-state index contributed by atoms with van der Waals surface area (Å²) in [4.78, 5) is 2.26. The first-order valence-corrected chi connectivity index (χ1v) is 4.45. The van der Waals surface area contributed by atoms with Gasteiger partial charge < -0.3 is 5.11 Å². The lowest BCUT2D eigenvalue weighted by atomic mass is 10.1. The van der Waals surface area contributed by atoms with Gasteiger partial charge in [-0.1, -0.05) is 18.2 Å². The molecule has 0 aromatic carbocycles. The van der Waals surface area contributed by atoms with Crippen LogP contribution in [-0.2, 0) is 0 Å². The fraction of sp³-hybridized carbons (Fsp3) is 0.600. The van der Waals surface area contributed by atoms with Gasteiger partial charge >= 0.3 is 0 Å². The van der Waals surface area contributed by atoms with Gasteiger partial charge in [0, 0.05) is 12.6 Å². The topological polar surface area (TPSA) is 23.5 Å². The van der Waals surface area contributed by atoms with Gasteiger partial charge in [0.1, 0.15) is 0 Å². The Labute approximate surface area is 74.2 Å². The van der Waals surface area contributed by atoms with Gasteiger partial charge in [0.15, 0.2) is 0 Å². The van der Waals surface area contributed by atoms with Crippen molar-refractivity contribution in [3.63, 3.8) is 0 Å². The highest BCUT2D eigenvalue weighted by Crippen LogP contribution is 2.13. The maximum absolute atomic E-state index is 9.08. The van der Waals surface area contributed by atoms with Crippen LogP contribution in [0.4, 0.5) is 0 Å². The van der Waals surface area contributed by atoms with Crippen molar-refractivity contribution in [1.82, 2.24) is 4.90 Å². The highest BCUT2D eigenvalue weighted by molar-refractivity contribution is 5.03. The summed E-state index contributed by atoms with van der Waals surface area (Å²) in [5, 5.41) is 9.08. The molecule has 2 nitrogen and oxygen atoms in total. The third-order valence-electron chi connectivity index (χ3n) is 2.39. The van der Waals surface area contributed by atoms with Crippen molar-refractivity contribution in [1.29, 1.82) is 0 Å². The van der Waals surface area contributed by atoms with Crippen molar-refractivity contribution in [3.8, 4) is 0 Å². The second-order valence-electron chi connectivity index (χ2n) is 3.18. The van der Waals surface area contributed by atoms with E-state index in [1.165, 1.54) is 0 Å². The Morgan fingerprint density at radius 3 is 3.17 bits per heavy atom. The Bertz CT molecular complexity index is 177. The zero-order valence-corrected chi connectivity index (χ0v) is 7.61. The summed E-state index contributed by atoms with van der Waals surface area (Å²) in [5.74, 6) is 0. The molecule has 0 amide bonds. The third kappa shape index (κ3) is 1.96. The van der Waals surface area contributed by atoms with E-state index in [-0.39, 0.29) is 12.6 Å². The molecule has 68 valence electrons. The summed E-state index contributed by atoms with van der Waals surface area (Å²) in [6.07, 6.45) is 7.20. The monoisotopic (exact) mass is 167 g/mol. The van der Waals surface area contributed by atoms with E-state index in [1.54, 1.807) is 0 Å². The van der Waals surface area contributed by atoms with Crippen LogP contribution in [0.3, 0.4) is 0 Å². The van der Waals surface area contributed by atoms with Crippen molar-refractivity contribution >= 4 is 0 Å². The standard InChI is InChI=1S/C10H17NO/c1-3-9(2)11-7-5-4-6-10(11)8-12/h3-4,6,9-10,12H,1,5,7-8H2,2H3. The SMILES string of the molecule is C=CC(C)N1CCC=CC1CO. The van der Waals surface area contributed by atoms with Crippen LogP contribution >= 0.6 is 0 Å². The van der Waals surface area contributed by atoms with Gasteiger partial charge in [0.2, 0.25) is 0 Å². The molecule has 2 unspecified atom stereocenters. The van der Waals surface area contributed by atoms with Gasteiger partial charge in [-0.3, -0.25) is 4.90 Å². The molecule has 1 rings (SSSR count). The van der Waals surface area contributed by atoms with Gasteiger partial charge in [-0.25, -0.2) is 0 Å². The quantitative estimate of drug-likeness (QED) is 0.638. The lowest BCUT2D eigenvalue weighted by molar-refractivity contribution is 0.129. The molecule has 1 heterocycles. The summed E-state index contributed by atoms with van der Waals surface area (Å²) < 4.78 is 0. The van der Waals surface area contributed by atoms with Gasteiger partial charge in [0.05, 0.1) is 12.6 Å². The summed E-state index contributed by atoms with van der Waals surface area (Å²) in [6, 6.07) is 0.541. The number of hydrogen-bond acceptors (Lipinski definition) is 2. The maximum atomic E-state index is 9.08. The molecule has 1 aliphatic heterocycles. The van der Waals surface area contributed by atoms with Gasteiger partial charge in [-0.05, 0) is 13.3 Å². The van der Waals surface area contributed by atoms with Crippen LogP contribution in [0.15, 0.2) is 24.8 Å². The molecule has 0 bridgehead atoms. The molecule has 12 heavy (non-hydrogen) atoms. The fourth-order valence-electron chi connectivity index (χ4n) is 1.56. The van der Waals surface area contributed by atoms with E-state index in [1.807, 2.05) is 6.08 Å². The van der Waals surface area contributed by atoms with Crippen LogP contribution in [0, 0.1) is 0 Å². The number of aliphatic hydroxyl groups excluding tert-OH is 1. The first-order chi connectivity index (χ1) is 5.79. The van der Waals surface area contributed by atoms with E-state index in [4.69, 9.17) is 5.11 Å². The number of nitrogens with zero attached hydrogens (tertiary/aromatic N) is 1.